The molecular weight excluding hydrogens is 341 g/mol. The molecule has 1 aliphatic rings. The Labute approximate surface area is 151 Å². The molecule has 2 aromatic rings. The summed E-state index contributed by atoms with van der Waals surface area (Å²) in [5.41, 5.74) is 0.976. The molecular formula is C20H21ClFNO2. The SMILES string of the molecule is O=C(NCC(O)c1ccc(F)cc1)C1(c2ccc(Cl)cc2)CCCC1. The Bertz CT molecular complexity index is 724. The molecule has 1 fully saturated rings. The van der Waals surface area contributed by atoms with Crippen molar-refractivity contribution in [3.05, 3.63) is 70.5 Å². The highest BCUT2D eigenvalue weighted by Crippen LogP contribution is 2.41. The van der Waals surface area contributed by atoms with E-state index in [-0.39, 0.29) is 18.3 Å². The largest absolute Gasteiger partial charge is 0.387 e. The molecule has 2 N–H and O–H groups in total. The number of rotatable bonds is 5. The van der Waals surface area contributed by atoms with Crippen LogP contribution in [0.3, 0.4) is 0 Å². The van der Waals surface area contributed by atoms with Crippen molar-refractivity contribution in [2.45, 2.75) is 37.2 Å². The third kappa shape index (κ3) is 3.86. The van der Waals surface area contributed by atoms with Gasteiger partial charge in [-0.15, -0.1) is 0 Å². The molecule has 0 saturated heterocycles. The summed E-state index contributed by atoms with van der Waals surface area (Å²) in [6.07, 6.45) is 2.70. The Morgan fingerprint density at radius 1 is 1.12 bits per heavy atom. The van der Waals surface area contributed by atoms with Crippen molar-refractivity contribution in [2.24, 2.45) is 0 Å². The number of aliphatic hydroxyl groups is 1. The minimum Gasteiger partial charge on any atom is -0.387 e. The number of nitrogens with one attached hydrogen (secondary N) is 1. The van der Waals surface area contributed by atoms with Crippen LogP contribution in [0.1, 0.15) is 42.9 Å². The van der Waals surface area contributed by atoms with E-state index in [9.17, 15) is 14.3 Å². The van der Waals surface area contributed by atoms with Crippen molar-refractivity contribution in [2.75, 3.05) is 6.54 Å². The average molecular weight is 362 g/mol. The van der Waals surface area contributed by atoms with Gasteiger partial charge in [0.2, 0.25) is 5.91 Å². The van der Waals surface area contributed by atoms with E-state index < -0.39 is 11.5 Å². The molecule has 1 aliphatic carbocycles. The van der Waals surface area contributed by atoms with Gasteiger partial charge in [0.15, 0.2) is 0 Å². The predicted molar refractivity (Wildman–Crippen MR) is 96.0 cm³/mol. The maximum atomic E-state index is 13.0. The summed E-state index contributed by atoms with van der Waals surface area (Å²) in [5, 5.41) is 13.8. The zero-order chi connectivity index (χ0) is 17.9. The van der Waals surface area contributed by atoms with Gasteiger partial charge in [0.1, 0.15) is 5.82 Å². The normalized spacial score (nSPS) is 17.2. The highest BCUT2D eigenvalue weighted by Gasteiger charge is 2.42. The molecule has 1 amide bonds. The lowest BCUT2D eigenvalue weighted by atomic mass is 9.78. The molecule has 132 valence electrons. The van der Waals surface area contributed by atoms with Gasteiger partial charge in [-0.05, 0) is 48.2 Å². The Hall–Kier alpha value is -1.91. The molecule has 0 radical (unpaired) electrons. The van der Waals surface area contributed by atoms with E-state index in [0.717, 1.165) is 31.2 Å². The van der Waals surface area contributed by atoms with E-state index >= 15 is 0 Å². The van der Waals surface area contributed by atoms with E-state index in [1.165, 1.54) is 24.3 Å². The minimum atomic E-state index is -0.867. The summed E-state index contributed by atoms with van der Waals surface area (Å²) >= 11 is 5.96. The molecule has 1 unspecified atom stereocenters. The van der Waals surface area contributed by atoms with Gasteiger partial charge >= 0.3 is 0 Å². The third-order valence-corrected chi connectivity index (χ3v) is 5.25. The highest BCUT2D eigenvalue weighted by atomic mass is 35.5. The number of aliphatic hydroxyl groups excluding tert-OH is 1. The zero-order valence-corrected chi connectivity index (χ0v) is 14.6. The number of hydrogen-bond donors (Lipinski definition) is 2. The Kier molecular flexibility index (Phi) is 5.40. The first-order valence-corrected chi connectivity index (χ1v) is 8.87. The number of halogens is 2. The van der Waals surface area contributed by atoms with Gasteiger partial charge in [0.05, 0.1) is 11.5 Å². The molecule has 1 atom stereocenters. The van der Waals surface area contributed by atoms with E-state index in [0.29, 0.717) is 10.6 Å². The van der Waals surface area contributed by atoms with Crippen LogP contribution in [-0.4, -0.2) is 17.6 Å². The number of benzene rings is 2. The van der Waals surface area contributed by atoms with E-state index in [1.54, 1.807) is 12.1 Å². The standard InChI is InChI=1S/C20H21ClFNO2/c21-16-7-5-15(6-8-16)20(11-1-2-12-20)19(25)23-13-18(24)14-3-9-17(22)10-4-14/h3-10,18,24H,1-2,11-13H2,(H,23,25). The first-order chi connectivity index (χ1) is 12.0. The Morgan fingerprint density at radius 2 is 1.72 bits per heavy atom. The first-order valence-electron chi connectivity index (χ1n) is 8.49. The molecule has 5 heteroatoms. The van der Waals surface area contributed by atoms with Crippen molar-refractivity contribution < 1.29 is 14.3 Å². The summed E-state index contributed by atoms with van der Waals surface area (Å²) in [5.74, 6) is -0.430. The minimum absolute atomic E-state index is 0.0755. The van der Waals surface area contributed by atoms with E-state index in [4.69, 9.17) is 11.6 Å². The van der Waals surface area contributed by atoms with Crippen LogP contribution in [0.5, 0.6) is 0 Å². The quantitative estimate of drug-likeness (QED) is 0.840. The zero-order valence-electron chi connectivity index (χ0n) is 13.8. The van der Waals surface area contributed by atoms with Crippen LogP contribution in [0.25, 0.3) is 0 Å². The maximum Gasteiger partial charge on any atom is 0.230 e. The molecule has 0 spiro atoms. The van der Waals surface area contributed by atoms with Crippen LogP contribution in [0.4, 0.5) is 4.39 Å². The van der Waals surface area contributed by atoms with Crippen LogP contribution in [-0.2, 0) is 10.2 Å². The summed E-state index contributed by atoms with van der Waals surface area (Å²) in [6.45, 7) is 0.0970. The van der Waals surface area contributed by atoms with Gasteiger partial charge in [-0.2, -0.15) is 0 Å². The molecule has 0 bridgehead atoms. The van der Waals surface area contributed by atoms with Gasteiger partial charge in [-0.25, -0.2) is 4.39 Å². The Balaban J connectivity index is 1.71. The first kappa shape index (κ1) is 17.9. The van der Waals surface area contributed by atoms with Gasteiger partial charge in [0.25, 0.3) is 0 Å². The summed E-state index contributed by atoms with van der Waals surface area (Å²) in [6, 6.07) is 13.1. The number of carbonyl (C=O) groups is 1. The molecule has 25 heavy (non-hydrogen) atoms. The van der Waals surface area contributed by atoms with Crippen molar-refractivity contribution in [1.82, 2.24) is 5.32 Å². The fourth-order valence-corrected chi connectivity index (χ4v) is 3.68. The lowest BCUT2D eigenvalue weighted by Crippen LogP contribution is -2.44. The number of carbonyl (C=O) groups excluding carboxylic acids is 1. The maximum absolute atomic E-state index is 13.0. The molecule has 3 nitrogen and oxygen atoms in total. The van der Waals surface area contributed by atoms with Crippen molar-refractivity contribution in [3.63, 3.8) is 0 Å². The van der Waals surface area contributed by atoms with E-state index in [2.05, 4.69) is 5.32 Å². The number of hydrogen-bond acceptors (Lipinski definition) is 2. The Morgan fingerprint density at radius 3 is 2.32 bits per heavy atom. The summed E-state index contributed by atoms with van der Waals surface area (Å²) < 4.78 is 13.0. The fraction of sp³-hybridized carbons (Fsp3) is 0.350. The molecule has 2 aromatic carbocycles. The highest BCUT2D eigenvalue weighted by molar-refractivity contribution is 6.30. The van der Waals surface area contributed by atoms with E-state index in [1.807, 2.05) is 12.1 Å². The molecule has 0 heterocycles. The molecule has 0 aliphatic heterocycles. The monoisotopic (exact) mass is 361 g/mol. The van der Waals surface area contributed by atoms with Crippen LogP contribution in [0.15, 0.2) is 48.5 Å². The van der Waals surface area contributed by atoms with Crippen LogP contribution < -0.4 is 5.32 Å². The summed E-state index contributed by atoms with van der Waals surface area (Å²) in [4.78, 5) is 12.9. The second-order valence-corrected chi connectivity index (χ2v) is 7.01. The summed E-state index contributed by atoms with van der Waals surface area (Å²) in [7, 11) is 0. The van der Waals surface area contributed by atoms with Gasteiger partial charge in [0, 0.05) is 11.6 Å². The van der Waals surface area contributed by atoms with Crippen molar-refractivity contribution in [3.8, 4) is 0 Å². The van der Waals surface area contributed by atoms with Gasteiger partial charge < -0.3 is 10.4 Å². The van der Waals surface area contributed by atoms with Gasteiger partial charge in [-0.3, -0.25) is 4.79 Å². The predicted octanol–water partition coefficient (Wildman–Crippen LogP) is 4.14. The van der Waals surface area contributed by atoms with Gasteiger partial charge in [-0.1, -0.05) is 48.7 Å². The second kappa shape index (κ2) is 7.54. The smallest absolute Gasteiger partial charge is 0.230 e. The van der Waals surface area contributed by atoms with Crippen molar-refractivity contribution in [1.29, 1.82) is 0 Å². The topological polar surface area (TPSA) is 49.3 Å². The lowest BCUT2D eigenvalue weighted by Gasteiger charge is -2.29. The second-order valence-electron chi connectivity index (χ2n) is 6.57. The number of amides is 1. The van der Waals surface area contributed by atoms with Crippen LogP contribution in [0, 0.1) is 5.82 Å². The van der Waals surface area contributed by atoms with Crippen LogP contribution >= 0.6 is 11.6 Å². The average Bonchev–Trinajstić information content (AvgIpc) is 3.11. The lowest BCUT2D eigenvalue weighted by molar-refractivity contribution is -0.127. The van der Waals surface area contributed by atoms with Crippen LogP contribution in [0.2, 0.25) is 5.02 Å². The molecule has 0 aromatic heterocycles. The third-order valence-electron chi connectivity index (χ3n) is 5.00. The molecule has 1 saturated carbocycles. The molecule has 3 rings (SSSR count). The van der Waals surface area contributed by atoms with Crippen molar-refractivity contribution >= 4 is 17.5 Å². The fourth-order valence-electron chi connectivity index (χ4n) is 3.56.